The molecule has 3 aliphatic rings. The van der Waals surface area contributed by atoms with E-state index in [0.29, 0.717) is 23.1 Å². The first-order valence-corrected chi connectivity index (χ1v) is 10.8. The molecule has 7 nitrogen and oxygen atoms in total. The highest BCUT2D eigenvalue weighted by molar-refractivity contribution is 8.16. The fourth-order valence-electron chi connectivity index (χ4n) is 3.28. The Morgan fingerprint density at radius 1 is 1.32 bits per heavy atom. The van der Waals surface area contributed by atoms with Crippen molar-refractivity contribution in [3.63, 3.8) is 0 Å². The van der Waals surface area contributed by atoms with Crippen LogP contribution in [0.2, 0.25) is 0 Å². The molecule has 9 heteroatoms. The van der Waals surface area contributed by atoms with E-state index < -0.39 is 9.84 Å². The third kappa shape index (κ3) is 3.10. The van der Waals surface area contributed by atoms with Gasteiger partial charge in [-0.2, -0.15) is 4.99 Å². The lowest BCUT2D eigenvalue weighted by molar-refractivity contribution is -0.117. The number of nitrogens with zero attached hydrogens (tertiary/aromatic N) is 2. The zero-order valence-corrected chi connectivity index (χ0v) is 15.3. The Balaban J connectivity index is 1.72. The summed E-state index contributed by atoms with van der Waals surface area (Å²) in [6.07, 6.45) is 1.11. The Morgan fingerprint density at radius 2 is 2.12 bits per heavy atom. The number of rotatable bonds is 3. The quantitative estimate of drug-likeness (QED) is 0.788. The van der Waals surface area contributed by atoms with Crippen molar-refractivity contribution < 1.29 is 22.7 Å². The Labute approximate surface area is 150 Å². The molecule has 0 N–H and O–H groups in total. The van der Waals surface area contributed by atoms with Gasteiger partial charge in [0.2, 0.25) is 12.7 Å². The molecular formula is C16H18N2O5S2. The zero-order chi connectivity index (χ0) is 17.6. The first-order chi connectivity index (χ1) is 12.0. The van der Waals surface area contributed by atoms with Crippen molar-refractivity contribution in [1.82, 2.24) is 0 Å². The summed E-state index contributed by atoms with van der Waals surface area (Å²) in [5.74, 6) is 1.28. The van der Waals surface area contributed by atoms with Crippen molar-refractivity contribution in [2.24, 2.45) is 4.99 Å². The lowest BCUT2D eigenvalue weighted by Gasteiger charge is -2.24. The SMILES string of the molecule is CCCC(=O)N=C1S[C@@H]2CS(=O)(=O)C[C@H]2N1c1ccc2c(c1)OCO2. The number of anilines is 1. The van der Waals surface area contributed by atoms with Gasteiger partial charge in [-0.15, -0.1) is 0 Å². The van der Waals surface area contributed by atoms with Gasteiger partial charge in [-0.1, -0.05) is 18.7 Å². The maximum absolute atomic E-state index is 12.0. The van der Waals surface area contributed by atoms with E-state index in [-0.39, 0.29) is 35.5 Å². The highest BCUT2D eigenvalue weighted by Gasteiger charge is 2.49. The molecule has 0 aromatic heterocycles. The molecule has 3 heterocycles. The van der Waals surface area contributed by atoms with Crippen LogP contribution in [0.15, 0.2) is 23.2 Å². The summed E-state index contributed by atoms with van der Waals surface area (Å²) in [6, 6.07) is 5.24. The van der Waals surface area contributed by atoms with E-state index in [4.69, 9.17) is 9.47 Å². The van der Waals surface area contributed by atoms with Gasteiger partial charge >= 0.3 is 0 Å². The average molecular weight is 382 g/mol. The van der Waals surface area contributed by atoms with E-state index in [0.717, 1.165) is 12.1 Å². The molecule has 25 heavy (non-hydrogen) atoms. The zero-order valence-electron chi connectivity index (χ0n) is 13.7. The molecule has 1 aromatic carbocycles. The van der Waals surface area contributed by atoms with Crippen LogP contribution in [-0.4, -0.2) is 49.1 Å². The molecule has 1 amide bonds. The van der Waals surface area contributed by atoms with E-state index in [1.54, 1.807) is 6.07 Å². The number of amidine groups is 1. The van der Waals surface area contributed by atoms with Crippen LogP contribution in [0.3, 0.4) is 0 Å². The number of hydrogen-bond acceptors (Lipinski definition) is 6. The third-order valence-electron chi connectivity index (χ3n) is 4.39. The van der Waals surface area contributed by atoms with Gasteiger partial charge < -0.3 is 14.4 Å². The highest BCUT2D eigenvalue weighted by atomic mass is 32.2. The maximum Gasteiger partial charge on any atom is 0.248 e. The smallest absolute Gasteiger partial charge is 0.248 e. The van der Waals surface area contributed by atoms with E-state index in [9.17, 15) is 13.2 Å². The average Bonchev–Trinajstić information content (AvgIpc) is 3.18. The predicted octanol–water partition coefficient (Wildman–Crippen LogP) is 1.82. The minimum atomic E-state index is -3.08. The van der Waals surface area contributed by atoms with Crippen molar-refractivity contribution in [2.75, 3.05) is 23.2 Å². The number of carbonyl (C=O) groups is 1. The van der Waals surface area contributed by atoms with Crippen LogP contribution in [0, 0.1) is 0 Å². The monoisotopic (exact) mass is 382 g/mol. The van der Waals surface area contributed by atoms with E-state index in [1.165, 1.54) is 11.8 Å². The van der Waals surface area contributed by atoms with Crippen molar-refractivity contribution >= 4 is 38.4 Å². The van der Waals surface area contributed by atoms with Gasteiger partial charge in [-0.3, -0.25) is 4.79 Å². The van der Waals surface area contributed by atoms with Crippen LogP contribution in [0.25, 0.3) is 0 Å². The second-order valence-corrected chi connectivity index (χ2v) is 9.61. The number of fused-ring (bicyclic) bond motifs is 2. The van der Waals surface area contributed by atoms with Gasteiger partial charge in [0.15, 0.2) is 26.5 Å². The number of ether oxygens (including phenoxy) is 2. The van der Waals surface area contributed by atoms with Crippen LogP contribution in [0.5, 0.6) is 11.5 Å². The number of amides is 1. The molecule has 0 aliphatic carbocycles. The fourth-order valence-corrected chi connectivity index (χ4v) is 7.21. The molecule has 0 bridgehead atoms. The molecule has 0 unspecified atom stereocenters. The van der Waals surface area contributed by atoms with Gasteiger partial charge in [-0.05, 0) is 18.6 Å². The van der Waals surface area contributed by atoms with Crippen molar-refractivity contribution in [3.8, 4) is 11.5 Å². The van der Waals surface area contributed by atoms with Crippen LogP contribution < -0.4 is 14.4 Å². The summed E-state index contributed by atoms with van der Waals surface area (Å²) in [4.78, 5) is 18.1. The third-order valence-corrected chi connectivity index (χ3v) is 7.59. The second-order valence-electron chi connectivity index (χ2n) is 6.25. The second kappa shape index (κ2) is 6.21. The number of thioether (sulfide) groups is 1. The normalized spacial score (nSPS) is 27.7. The van der Waals surface area contributed by atoms with Crippen molar-refractivity contribution in [1.29, 1.82) is 0 Å². The molecule has 4 rings (SSSR count). The highest BCUT2D eigenvalue weighted by Crippen LogP contribution is 2.43. The lowest BCUT2D eigenvalue weighted by Crippen LogP contribution is -2.37. The van der Waals surface area contributed by atoms with Crippen LogP contribution >= 0.6 is 11.8 Å². The number of carbonyl (C=O) groups excluding carboxylic acids is 1. The Hall–Kier alpha value is -1.74. The van der Waals surface area contributed by atoms with Gasteiger partial charge in [0.25, 0.3) is 0 Å². The van der Waals surface area contributed by atoms with Crippen LogP contribution in [-0.2, 0) is 14.6 Å². The summed E-state index contributed by atoms with van der Waals surface area (Å²) in [5.41, 5.74) is 0.768. The van der Waals surface area contributed by atoms with E-state index in [1.807, 2.05) is 24.0 Å². The molecule has 2 saturated heterocycles. The first kappa shape index (κ1) is 16.7. The summed E-state index contributed by atoms with van der Waals surface area (Å²) < 4.78 is 34.9. The Morgan fingerprint density at radius 3 is 2.92 bits per heavy atom. The molecule has 0 spiro atoms. The van der Waals surface area contributed by atoms with E-state index in [2.05, 4.69) is 4.99 Å². The standard InChI is InChI=1S/C16H18N2O5S2/c1-2-3-15(19)17-16-18(11-7-25(20,21)8-14(11)24-16)10-4-5-12-13(6-10)23-9-22-12/h4-6,11,14H,2-3,7-9H2,1H3/t11-,14-/m1/s1. The minimum Gasteiger partial charge on any atom is -0.454 e. The fraction of sp³-hybridized carbons (Fsp3) is 0.500. The number of aliphatic imine (C=N–C) groups is 1. The van der Waals surface area contributed by atoms with Crippen molar-refractivity contribution in [3.05, 3.63) is 18.2 Å². The predicted molar refractivity (Wildman–Crippen MR) is 96.2 cm³/mol. The maximum atomic E-state index is 12.0. The van der Waals surface area contributed by atoms with Gasteiger partial charge in [0, 0.05) is 23.4 Å². The largest absolute Gasteiger partial charge is 0.454 e. The van der Waals surface area contributed by atoms with Gasteiger partial charge in [0.05, 0.1) is 17.5 Å². The first-order valence-electron chi connectivity index (χ1n) is 8.14. The molecular weight excluding hydrogens is 364 g/mol. The summed E-state index contributed by atoms with van der Waals surface area (Å²) in [5, 5.41) is 0.464. The molecule has 2 atom stereocenters. The Kier molecular flexibility index (Phi) is 4.15. The molecule has 2 fully saturated rings. The van der Waals surface area contributed by atoms with Crippen LogP contribution in [0.1, 0.15) is 19.8 Å². The molecule has 0 saturated carbocycles. The molecule has 1 aromatic rings. The minimum absolute atomic E-state index is 0.0695. The molecule has 0 radical (unpaired) electrons. The summed E-state index contributed by atoms with van der Waals surface area (Å²) >= 11 is 1.38. The number of benzene rings is 1. The molecule has 134 valence electrons. The lowest BCUT2D eigenvalue weighted by atomic mass is 10.2. The van der Waals surface area contributed by atoms with Gasteiger partial charge in [-0.25, -0.2) is 8.42 Å². The van der Waals surface area contributed by atoms with Crippen LogP contribution in [0.4, 0.5) is 5.69 Å². The molecule has 3 aliphatic heterocycles. The Bertz CT molecular complexity index is 852. The number of hydrogen-bond donors (Lipinski definition) is 0. The summed E-state index contributed by atoms with van der Waals surface area (Å²) in [6.45, 7) is 2.10. The van der Waals surface area contributed by atoms with Gasteiger partial charge in [0.1, 0.15) is 0 Å². The summed E-state index contributed by atoms with van der Waals surface area (Å²) in [7, 11) is -3.08. The topological polar surface area (TPSA) is 85.3 Å². The van der Waals surface area contributed by atoms with E-state index >= 15 is 0 Å². The van der Waals surface area contributed by atoms with Crippen molar-refractivity contribution in [2.45, 2.75) is 31.1 Å². The number of sulfone groups is 1.